The fraction of sp³-hybridized carbons (Fsp3) is 0.310. The summed E-state index contributed by atoms with van der Waals surface area (Å²) in [6.45, 7) is 11.8. The minimum atomic E-state index is -0.504. The van der Waals surface area contributed by atoms with Gasteiger partial charge in [-0.15, -0.1) is 0 Å². The van der Waals surface area contributed by atoms with Crippen LogP contribution in [0.1, 0.15) is 50.5 Å². The topological polar surface area (TPSA) is 56.1 Å². The molecule has 1 amide bonds. The molecule has 6 heteroatoms. The van der Waals surface area contributed by atoms with Gasteiger partial charge in [0.25, 0.3) is 0 Å². The Morgan fingerprint density at radius 1 is 1.00 bits per heavy atom. The van der Waals surface area contributed by atoms with Gasteiger partial charge in [-0.05, 0) is 79.9 Å². The van der Waals surface area contributed by atoms with Gasteiger partial charge in [0.05, 0.1) is 23.4 Å². The zero-order valence-electron chi connectivity index (χ0n) is 21.1. The van der Waals surface area contributed by atoms with Gasteiger partial charge in [0.1, 0.15) is 17.7 Å². The Kier molecular flexibility index (Phi) is 6.66. The Labute approximate surface area is 205 Å². The van der Waals surface area contributed by atoms with Crippen LogP contribution in [0.5, 0.6) is 5.75 Å². The standard InChI is InChI=1S/C29H32FN3O2/c1-18-7-8-21(15-19(18)2)27(20(3)32-28(34)29(4,5)6)35-25-13-14-26-22(16-25)17-31-33(26)24-11-9-23(30)10-12-24/h7-17,20,27H,1-6H3,(H,32,34)/t20-,27+/m0/s1. The Bertz CT molecular complexity index is 1350. The zero-order valence-corrected chi connectivity index (χ0v) is 21.1. The van der Waals surface area contributed by atoms with Crippen LogP contribution >= 0.6 is 0 Å². The predicted molar refractivity (Wildman–Crippen MR) is 137 cm³/mol. The molecular formula is C29H32FN3O2. The predicted octanol–water partition coefficient (Wildman–Crippen LogP) is 6.45. The first-order chi connectivity index (χ1) is 16.5. The average Bonchev–Trinajstić information content (AvgIpc) is 3.22. The second-order valence-corrected chi connectivity index (χ2v) is 10.1. The number of fused-ring (bicyclic) bond motifs is 1. The van der Waals surface area contributed by atoms with E-state index in [0.717, 1.165) is 22.2 Å². The van der Waals surface area contributed by atoms with E-state index >= 15 is 0 Å². The van der Waals surface area contributed by atoms with Crippen molar-refractivity contribution >= 4 is 16.8 Å². The van der Waals surface area contributed by atoms with E-state index in [1.807, 2.05) is 45.9 Å². The van der Waals surface area contributed by atoms with Gasteiger partial charge in [0, 0.05) is 10.8 Å². The third-order valence-corrected chi connectivity index (χ3v) is 6.23. The lowest BCUT2D eigenvalue weighted by atomic mass is 9.93. The number of rotatable bonds is 6. The quantitative estimate of drug-likeness (QED) is 0.350. The Balaban J connectivity index is 1.66. The highest BCUT2D eigenvalue weighted by molar-refractivity contribution is 5.82. The number of hydrogen-bond acceptors (Lipinski definition) is 3. The molecule has 35 heavy (non-hydrogen) atoms. The van der Waals surface area contributed by atoms with Crippen LogP contribution in [-0.2, 0) is 4.79 Å². The number of nitrogens with one attached hydrogen (secondary N) is 1. The molecule has 1 heterocycles. The molecule has 0 saturated heterocycles. The minimum absolute atomic E-state index is 0.0292. The molecule has 0 aliphatic carbocycles. The van der Waals surface area contributed by atoms with Crippen molar-refractivity contribution in [2.45, 2.75) is 53.7 Å². The summed E-state index contributed by atoms with van der Waals surface area (Å²) < 4.78 is 21.6. The molecule has 5 nitrogen and oxygen atoms in total. The summed E-state index contributed by atoms with van der Waals surface area (Å²) >= 11 is 0. The highest BCUT2D eigenvalue weighted by atomic mass is 19.1. The van der Waals surface area contributed by atoms with Crippen molar-refractivity contribution in [3.05, 3.63) is 89.4 Å². The van der Waals surface area contributed by atoms with E-state index in [1.165, 1.54) is 23.3 Å². The van der Waals surface area contributed by atoms with Crippen LogP contribution in [0.25, 0.3) is 16.6 Å². The van der Waals surface area contributed by atoms with E-state index in [1.54, 1.807) is 23.0 Å². The van der Waals surface area contributed by atoms with E-state index in [9.17, 15) is 9.18 Å². The summed E-state index contributed by atoms with van der Waals surface area (Å²) in [4.78, 5) is 12.7. The van der Waals surface area contributed by atoms with Crippen LogP contribution in [0.3, 0.4) is 0 Å². The van der Waals surface area contributed by atoms with E-state index in [0.29, 0.717) is 5.75 Å². The van der Waals surface area contributed by atoms with E-state index < -0.39 is 5.41 Å². The van der Waals surface area contributed by atoms with Gasteiger partial charge in [-0.2, -0.15) is 5.10 Å². The molecular weight excluding hydrogens is 441 g/mol. The molecule has 4 aromatic rings. The number of benzene rings is 3. The second kappa shape index (κ2) is 9.53. The first kappa shape index (κ1) is 24.5. The van der Waals surface area contributed by atoms with Gasteiger partial charge in [-0.25, -0.2) is 9.07 Å². The number of amides is 1. The number of halogens is 1. The van der Waals surface area contributed by atoms with Crippen LogP contribution in [-0.4, -0.2) is 21.7 Å². The maximum Gasteiger partial charge on any atom is 0.225 e. The molecule has 0 bridgehead atoms. The first-order valence-electron chi connectivity index (χ1n) is 11.8. The molecule has 2 atom stereocenters. The van der Waals surface area contributed by atoms with Crippen molar-refractivity contribution in [2.24, 2.45) is 5.41 Å². The Morgan fingerprint density at radius 3 is 2.37 bits per heavy atom. The second-order valence-electron chi connectivity index (χ2n) is 10.1. The van der Waals surface area contributed by atoms with Gasteiger partial charge in [0.15, 0.2) is 0 Å². The highest BCUT2D eigenvalue weighted by Crippen LogP contribution is 2.30. The molecule has 0 spiro atoms. The molecule has 3 aromatic carbocycles. The van der Waals surface area contributed by atoms with Crippen molar-refractivity contribution in [1.29, 1.82) is 0 Å². The van der Waals surface area contributed by atoms with Crippen LogP contribution in [0, 0.1) is 25.1 Å². The third-order valence-electron chi connectivity index (χ3n) is 6.23. The van der Waals surface area contributed by atoms with Crippen LogP contribution in [0.15, 0.2) is 66.9 Å². The van der Waals surface area contributed by atoms with E-state index in [4.69, 9.17) is 4.74 Å². The molecule has 4 rings (SSSR count). The molecule has 1 aromatic heterocycles. The van der Waals surface area contributed by atoms with Crippen molar-refractivity contribution in [3.63, 3.8) is 0 Å². The molecule has 0 fully saturated rings. The van der Waals surface area contributed by atoms with Crippen LogP contribution in [0.4, 0.5) is 4.39 Å². The number of aromatic nitrogens is 2. The maximum absolute atomic E-state index is 13.3. The van der Waals surface area contributed by atoms with Crippen LogP contribution in [0.2, 0.25) is 0 Å². The summed E-state index contributed by atoms with van der Waals surface area (Å²) in [5.41, 5.74) is 4.53. The molecule has 0 aliphatic heterocycles. The van der Waals surface area contributed by atoms with Gasteiger partial charge in [-0.1, -0.05) is 39.0 Å². The van der Waals surface area contributed by atoms with Gasteiger partial charge >= 0.3 is 0 Å². The van der Waals surface area contributed by atoms with E-state index in [-0.39, 0.29) is 23.9 Å². The van der Waals surface area contributed by atoms with Gasteiger partial charge in [0.2, 0.25) is 5.91 Å². The Hall–Kier alpha value is -3.67. The van der Waals surface area contributed by atoms with Gasteiger partial charge in [-0.3, -0.25) is 4.79 Å². The van der Waals surface area contributed by atoms with Crippen LogP contribution < -0.4 is 10.1 Å². The monoisotopic (exact) mass is 473 g/mol. The summed E-state index contributed by atoms with van der Waals surface area (Å²) in [5, 5.41) is 8.51. The molecule has 0 aliphatic rings. The summed E-state index contributed by atoms with van der Waals surface area (Å²) in [5.74, 6) is 0.362. The molecule has 0 saturated carbocycles. The lowest BCUT2D eigenvalue weighted by molar-refractivity contribution is -0.129. The lowest BCUT2D eigenvalue weighted by Gasteiger charge is -2.29. The fourth-order valence-corrected chi connectivity index (χ4v) is 3.92. The normalized spacial score (nSPS) is 13.5. The lowest BCUT2D eigenvalue weighted by Crippen LogP contribution is -2.44. The average molecular weight is 474 g/mol. The van der Waals surface area contributed by atoms with Crippen molar-refractivity contribution in [3.8, 4) is 11.4 Å². The number of ether oxygens (including phenoxy) is 1. The largest absolute Gasteiger partial charge is 0.484 e. The molecule has 0 radical (unpaired) electrons. The number of carbonyl (C=O) groups is 1. The Morgan fingerprint density at radius 2 is 1.71 bits per heavy atom. The van der Waals surface area contributed by atoms with Crippen molar-refractivity contribution < 1.29 is 13.9 Å². The molecule has 182 valence electrons. The maximum atomic E-state index is 13.3. The SMILES string of the molecule is Cc1ccc([C@H](Oc2ccc3c(cnn3-c3ccc(F)cc3)c2)[C@H](C)NC(=O)C(C)(C)C)cc1C. The number of carbonyl (C=O) groups excluding carboxylic acids is 1. The number of hydrogen-bond donors (Lipinski definition) is 1. The summed E-state index contributed by atoms with van der Waals surface area (Å²) in [6.07, 6.45) is 1.38. The molecule has 1 N–H and O–H groups in total. The van der Waals surface area contributed by atoms with Crippen molar-refractivity contribution in [1.82, 2.24) is 15.1 Å². The number of nitrogens with zero attached hydrogens (tertiary/aromatic N) is 2. The number of aryl methyl sites for hydroxylation is 2. The fourth-order valence-electron chi connectivity index (χ4n) is 3.92. The van der Waals surface area contributed by atoms with Crippen molar-refractivity contribution in [2.75, 3.05) is 0 Å². The summed E-state index contributed by atoms with van der Waals surface area (Å²) in [6, 6.07) is 18.0. The van der Waals surface area contributed by atoms with E-state index in [2.05, 4.69) is 42.5 Å². The first-order valence-corrected chi connectivity index (χ1v) is 11.8. The smallest absolute Gasteiger partial charge is 0.225 e. The third kappa shape index (κ3) is 5.37. The zero-order chi connectivity index (χ0) is 25.3. The minimum Gasteiger partial charge on any atom is -0.484 e. The molecule has 0 unspecified atom stereocenters. The highest BCUT2D eigenvalue weighted by Gasteiger charge is 2.28. The van der Waals surface area contributed by atoms with Gasteiger partial charge < -0.3 is 10.1 Å². The summed E-state index contributed by atoms with van der Waals surface area (Å²) in [7, 11) is 0.